The Hall–Kier alpha value is -2.10. The molecule has 0 saturated heterocycles. The number of nitrogens with zero attached hydrogens (tertiary/aromatic N) is 1. The Morgan fingerprint density at radius 3 is 3.00 bits per heavy atom. The number of rotatable bonds is 2. The highest BCUT2D eigenvalue weighted by atomic mass is 16.5. The van der Waals surface area contributed by atoms with E-state index in [9.17, 15) is 4.79 Å². The van der Waals surface area contributed by atoms with Crippen molar-refractivity contribution in [2.75, 3.05) is 12.3 Å². The Bertz CT molecular complexity index is 579. The van der Waals surface area contributed by atoms with E-state index in [2.05, 4.69) is 4.98 Å². The summed E-state index contributed by atoms with van der Waals surface area (Å²) in [5.41, 5.74) is 8.24. The van der Waals surface area contributed by atoms with Crippen LogP contribution in [0.1, 0.15) is 22.8 Å². The van der Waals surface area contributed by atoms with Crippen molar-refractivity contribution in [3.63, 3.8) is 0 Å². The number of ether oxygens (including phenoxy) is 1. The summed E-state index contributed by atoms with van der Waals surface area (Å²) in [5, 5.41) is 0.926. The molecule has 2 aromatic rings. The number of hydrogen-bond acceptors (Lipinski definition) is 4. The SMILES string of the molecule is CCOC(=O)c1c(C)cc2cccnc2c1N. The molecule has 0 aliphatic rings. The Kier molecular flexibility index (Phi) is 2.95. The number of aryl methyl sites for hydroxylation is 1. The molecular formula is C13H14N2O2. The second kappa shape index (κ2) is 4.41. The number of benzene rings is 1. The molecule has 0 saturated carbocycles. The Morgan fingerprint density at radius 1 is 1.53 bits per heavy atom. The highest BCUT2D eigenvalue weighted by molar-refractivity contribution is 6.05. The predicted molar refractivity (Wildman–Crippen MR) is 66.8 cm³/mol. The van der Waals surface area contributed by atoms with E-state index in [4.69, 9.17) is 10.5 Å². The molecule has 0 radical (unpaired) electrons. The molecule has 0 spiro atoms. The number of nitrogens with two attached hydrogens (primary N) is 1. The lowest BCUT2D eigenvalue weighted by molar-refractivity contribution is 0.0527. The van der Waals surface area contributed by atoms with Gasteiger partial charge < -0.3 is 10.5 Å². The number of aromatic nitrogens is 1. The van der Waals surface area contributed by atoms with E-state index in [0.717, 1.165) is 10.9 Å². The van der Waals surface area contributed by atoms with Crippen molar-refractivity contribution in [2.45, 2.75) is 13.8 Å². The number of pyridine rings is 1. The van der Waals surface area contributed by atoms with Crippen molar-refractivity contribution in [2.24, 2.45) is 0 Å². The number of carbonyl (C=O) groups is 1. The first-order valence-electron chi connectivity index (χ1n) is 5.46. The second-order valence-corrected chi connectivity index (χ2v) is 3.78. The van der Waals surface area contributed by atoms with E-state index in [1.165, 1.54) is 0 Å². The minimum Gasteiger partial charge on any atom is -0.462 e. The third kappa shape index (κ3) is 1.93. The smallest absolute Gasteiger partial charge is 0.340 e. The largest absolute Gasteiger partial charge is 0.462 e. The van der Waals surface area contributed by atoms with Crippen LogP contribution in [0.3, 0.4) is 0 Å². The van der Waals surface area contributed by atoms with Crippen molar-refractivity contribution in [1.82, 2.24) is 4.98 Å². The number of nitrogen functional groups attached to an aromatic ring is 1. The van der Waals surface area contributed by atoms with Crippen LogP contribution >= 0.6 is 0 Å². The molecule has 0 amide bonds. The van der Waals surface area contributed by atoms with Crippen molar-refractivity contribution >= 4 is 22.6 Å². The summed E-state index contributed by atoms with van der Waals surface area (Å²) in [6.45, 7) is 3.94. The minimum absolute atomic E-state index is 0.331. The Balaban J connectivity index is 2.67. The highest BCUT2D eigenvalue weighted by Gasteiger charge is 2.17. The fraction of sp³-hybridized carbons (Fsp3) is 0.231. The zero-order valence-electron chi connectivity index (χ0n) is 9.86. The van der Waals surface area contributed by atoms with Gasteiger partial charge >= 0.3 is 5.97 Å². The summed E-state index contributed by atoms with van der Waals surface area (Å²) in [6.07, 6.45) is 1.66. The van der Waals surface area contributed by atoms with Crippen LogP contribution in [0, 0.1) is 6.92 Å². The normalized spacial score (nSPS) is 10.5. The van der Waals surface area contributed by atoms with Gasteiger partial charge in [-0.3, -0.25) is 4.98 Å². The highest BCUT2D eigenvalue weighted by Crippen LogP contribution is 2.26. The van der Waals surface area contributed by atoms with Gasteiger partial charge in [-0.1, -0.05) is 6.07 Å². The molecule has 17 heavy (non-hydrogen) atoms. The number of esters is 1. The van der Waals surface area contributed by atoms with Crippen LogP contribution in [0.15, 0.2) is 24.4 Å². The first-order valence-corrected chi connectivity index (χ1v) is 5.46. The average Bonchev–Trinajstić information content (AvgIpc) is 2.29. The first kappa shape index (κ1) is 11.4. The summed E-state index contributed by atoms with van der Waals surface area (Å²) in [5.74, 6) is -0.393. The van der Waals surface area contributed by atoms with Gasteiger partial charge in [-0.15, -0.1) is 0 Å². The molecule has 4 nitrogen and oxygen atoms in total. The third-order valence-electron chi connectivity index (χ3n) is 2.61. The molecule has 1 aromatic carbocycles. The monoisotopic (exact) mass is 230 g/mol. The Labute approximate surface area is 99.4 Å². The summed E-state index contributed by atoms with van der Waals surface area (Å²) in [6, 6.07) is 5.65. The zero-order chi connectivity index (χ0) is 12.4. The van der Waals surface area contributed by atoms with Crippen molar-refractivity contribution in [1.29, 1.82) is 0 Å². The summed E-state index contributed by atoms with van der Waals surface area (Å²) in [4.78, 5) is 16.0. The van der Waals surface area contributed by atoms with Gasteiger partial charge in [-0.2, -0.15) is 0 Å². The molecule has 0 fully saturated rings. The third-order valence-corrected chi connectivity index (χ3v) is 2.61. The van der Waals surface area contributed by atoms with Gasteiger partial charge in [0.15, 0.2) is 0 Å². The molecule has 0 bridgehead atoms. The Morgan fingerprint density at radius 2 is 2.29 bits per heavy atom. The van der Waals surface area contributed by atoms with Crippen LogP contribution in [0.5, 0.6) is 0 Å². The van der Waals surface area contributed by atoms with Crippen molar-refractivity contribution in [3.8, 4) is 0 Å². The van der Waals surface area contributed by atoms with Gasteiger partial charge in [-0.25, -0.2) is 4.79 Å². The first-order chi connectivity index (χ1) is 8.15. The molecule has 2 N–H and O–H groups in total. The fourth-order valence-corrected chi connectivity index (χ4v) is 1.87. The molecule has 0 atom stereocenters. The van der Waals surface area contributed by atoms with E-state index in [-0.39, 0.29) is 0 Å². The van der Waals surface area contributed by atoms with Crippen LogP contribution in [0.4, 0.5) is 5.69 Å². The zero-order valence-corrected chi connectivity index (χ0v) is 9.86. The van der Waals surface area contributed by atoms with E-state index >= 15 is 0 Å². The lowest BCUT2D eigenvalue weighted by Gasteiger charge is -2.10. The fourth-order valence-electron chi connectivity index (χ4n) is 1.87. The number of anilines is 1. The van der Waals surface area contributed by atoms with E-state index < -0.39 is 5.97 Å². The molecule has 0 unspecified atom stereocenters. The second-order valence-electron chi connectivity index (χ2n) is 3.78. The summed E-state index contributed by atoms with van der Waals surface area (Å²) < 4.78 is 4.99. The van der Waals surface area contributed by atoms with Crippen LogP contribution in [0.25, 0.3) is 10.9 Å². The van der Waals surface area contributed by atoms with Gasteiger partial charge in [-0.05, 0) is 31.5 Å². The maximum atomic E-state index is 11.8. The molecule has 1 aromatic heterocycles. The lowest BCUT2D eigenvalue weighted by Crippen LogP contribution is -2.10. The number of carbonyl (C=O) groups excluding carboxylic acids is 1. The molecule has 88 valence electrons. The van der Waals surface area contributed by atoms with E-state index in [1.807, 2.05) is 25.1 Å². The summed E-state index contributed by atoms with van der Waals surface area (Å²) >= 11 is 0. The number of hydrogen-bond donors (Lipinski definition) is 1. The maximum absolute atomic E-state index is 11.8. The molecular weight excluding hydrogens is 216 g/mol. The van der Waals surface area contributed by atoms with Crippen LogP contribution in [-0.2, 0) is 4.74 Å². The predicted octanol–water partition coefficient (Wildman–Crippen LogP) is 2.30. The van der Waals surface area contributed by atoms with Crippen molar-refractivity contribution in [3.05, 3.63) is 35.5 Å². The number of fused-ring (bicyclic) bond motifs is 1. The summed E-state index contributed by atoms with van der Waals surface area (Å²) in [7, 11) is 0. The van der Waals surface area contributed by atoms with Crippen LogP contribution < -0.4 is 5.73 Å². The molecule has 1 heterocycles. The molecule has 2 rings (SSSR count). The van der Waals surface area contributed by atoms with Crippen LogP contribution in [-0.4, -0.2) is 17.6 Å². The molecule has 4 heteroatoms. The van der Waals surface area contributed by atoms with Gasteiger partial charge in [0.05, 0.1) is 23.4 Å². The standard InChI is InChI=1S/C13H14N2O2/c1-3-17-13(16)10-8(2)7-9-5-4-6-15-12(9)11(10)14/h4-7H,3,14H2,1-2H3. The average molecular weight is 230 g/mol. The quantitative estimate of drug-likeness (QED) is 0.635. The van der Waals surface area contributed by atoms with Gasteiger partial charge in [0, 0.05) is 11.6 Å². The van der Waals surface area contributed by atoms with Crippen molar-refractivity contribution < 1.29 is 9.53 Å². The van der Waals surface area contributed by atoms with E-state index in [0.29, 0.717) is 23.4 Å². The molecule has 0 aliphatic heterocycles. The van der Waals surface area contributed by atoms with Crippen LogP contribution in [0.2, 0.25) is 0 Å². The van der Waals surface area contributed by atoms with Gasteiger partial charge in [0.25, 0.3) is 0 Å². The van der Waals surface area contributed by atoms with E-state index in [1.54, 1.807) is 13.1 Å². The van der Waals surface area contributed by atoms with Gasteiger partial charge in [0.2, 0.25) is 0 Å². The maximum Gasteiger partial charge on any atom is 0.340 e. The molecule has 0 aliphatic carbocycles. The minimum atomic E-state index is -0.393. The topological polar surface area (TPSA) is 65.2 Å². The lowest BCUT2D eigenvalue weighted by atomic mass is 10.0. The van der Waals surface area contributed by atoms with Gasteiger partial charge in [0.1, 0.15) is 0 Å².